The summed E-state index contributed by atoms with van der Waals surface area (Å²) < 4.78 is 0. The number of nitrogens with zero attached hydrogens (tertiary/aromatic N) is 4. The Morgan fingerprint density at radius 1 is 0.966 bits per heavy atom. The zero-order valence-electron chi connectivity index (χ0n) is 16.6. The minimum Gasteiger partial charge on any atom is -0.368 e. The number of aromatic nitrogens is 2. The second kappa shape index (κ2) is 8.73. The predicted molar refractivity (Wildman–Crippen MR) is 115 cm³/mol. The fourth-order valence-corrected chi connectivity index (χ4v) is 3.42. The molecule has 3 aromatic rings. The first-order valence-electron chi connectivity index (χ1n) is 9.91. The van der Waals surface area contributed by atoms with E-state index in [4.69, 9.17) is 0 Å². The molecule has 0 spiro atoms. The van der Waals surface area contributed by atoms with Crippen molar-refractivity contribution in [1.29, 1.82) is 0 Å². The van der Waals surface area contributed by atoms with Crippen molar-refractivity contribution in [2.45, 2.75) is 13.5 Å². The van der Waals surface area contributed by atoms with Gasteiger partial charge in [-0.05, 0) is 30.7 Å². The number of aryl methyl sites for hydroxylation is 1. The van der Waals surface area contributed by atoms with Gasteiger partial charge in [0.15, 0.2) is 0 Å². The zero-order chi connectivity index (χ0) is 20.1. The molecule has 6 nitrogen and oxygen atoms in total. The van der Waals surface area contributed by atoms with Gasteiger partial charge in [0.25, 0.3) is 5.91 Å². The molecule has 4 rings (SSSR count). The van der Waals surface area contributed by atoms with Crippen LogP contribution in [0.3, 0.4) is 0 Å². The highest BCUT2D eigenvalue weighted by molar-refractivity contribution is 5.92. The van der Waals surface area contributed by atoms with Crippen LogP contribution in [0.2, 0.25) is 0 Å². The number of carbonyl (C=O) groups is 1. The van der Waals surface area contributed by atoms with Gasteiger partial charge >= 0.3 is 0 Å². The average Bonchev–Trinajstić information content (AvgIpc) is 2.79. The van der Waals surface area contributed by atoms with Crippen molar-refractivity contribution < 1.29 is 4.79 Å². The monoisotopic (exact) mass is 387 g/mol. The number of para-hydroxylation sites is 1. The first-order valence-corrected chi connectivity index (χ1v) is 9.91. The molecule has 0 bridgehead atoms. The lowest BCUT2D eigenvalue weighted by molar-refractivity contribution is 0.0741. The molecule has 1 N–H and O–H groups in total. The summed E-state index contributed by atoms with van der Waals surface area (Å²) in [5, 5.41) is 3.21. The largest absolute Gasteiger partial charge is 0.368 e. The van der Waals surface area contributed by atoms with Crippen molar-refractivity contribution in [3.05, 3.63) is 83.7 Å². The van der Waals surface area contributed by atoms with Crippen molar-refractivity contribution in [3.8, 4) is 0 Å². The average molecular weight is 387 g/mol. The topological polar surface area (TPSA) is 61.4 Å². The summed E-state index contributed by atoms with van der Waals surface area (Å²) in [5.74, 6) is 0.429. The number of piperazine rings is 1. The Balaban J connectivity index is 1.35. The van der Waals surface area contributed by atoms with Gasteiger partial charge < -0.3 is 15.1 Å². The first kappa shape index (κ1) is 18.9. The highest BCUT2D eigenvalue weighted by atomic mass is 16.2. The highest BCUT2D eigenvalue weighted by Gasteiger charge is 2.23. The summed E-state index contributed by atoms with van der Waals surface area (Å²) >= 11 is 0. The van der Waals surface area contributed by atoms with Gasteiger partial charge in [-0.25, -0.2) is 9.97 Å². The summed E-state index contributed by atoms with van der Waals surface area (Å²) in [5.41, 5.74) is 4.00. The van der Waals surface area contributed by atoms with Gasteiger partial charge in [0.1, 0.15) is 5.69 Å². The van der Waals surface area contributed by atoms with E-state index in [1.807, 2.05) is 23.1 Å². The fraction of sp³-hybridized carbons (Fsp3) is 0.261. The maximum atomic E-state index is 12.9. The standard InChI is InChI=1S/C23H25N5O/c1-18-7-9-19(10-8-18)17-25-23-24-12-11-21(26-23)22(29)28-15-13-27(14-16-28)20-5-3-2-4-6-20/h2-12H,13-17H2,1H3,(H,24,25,26). The Labute approximate surface area is 171 Å². The lowest BCUT2D eigenvalue weighted by atomic mass is 10.1. The van der Waals surface area contributed by atoms with E-state index < -0.39 is 0 Å². The van der Waals surface area contributed by atoms with Gasteiger partial charge in [0.2, 0.25) is 5.95 Å². The molecule has 1 aliphatic heterocycles. The van der Waals surface area contributed by atoms with Crippen LogP contribution in [0.1, 0.15) is 21.6 Å². The SMILES string of the molecule is Cc1ccc(CNc2nccc(C(=O)N3CCN(c4ccccc4)CC3)n2)cc1. The normalized spacial score (nSPS) is 14.0. The van der Waals surface area contributed by atoms with Crippen molar-refractivity contribution in [1.82, 2.24) is 14.9 Å². The Morgan fingerprint density at radius 3 is 2.41 bits per heavy atom. The van der Waals surface area contributed by atoms with Crippen LogP contribution in [0, 0.1) is 6.92 Å². The van der Waals surface area contributed by atoms with E-state index >= 15 is 0 Å². The van der Waals surface area contributed by atoms with Crippen LogP contribution in [0.25, 0.3) is 0 Å². The van der Waals surface area contributed by atoms with E-state index in [2.05, 4.69) is 63.5 Å². The molecule has 1 amide bonds. The first-order chi connectivity index (χ1) is 14.2. The number of hydrogen-bond donors (Lipinski definition) is 1. The van der Waals surface area contributed by atoms with Crippen molar-refractivity contribution >= 4 is 17.5 Å². The van der Waals surface area contributed by atoms with Gasteiger partial charge in [-0.2, -0.15) is 0 Å². The molecule has 1 saturated heterocycles. The summed E-state index contributed by atoms with van der Waals surface area (Å²) in [7, 11) is 0. The van der Waals surface area contributed by atoms with E-state index in [1.54, 1.807) is 12.3 Å². The molecule has 0 radical (unpaired) electrons. The summed E-state index contributed by atoms with van der Waals surface area (Å²) in [4.78, 5) is 25.7. The van der Waals surface area contributed by atoms with E-state index in [-0.39, 0.29) is 5.91 Å². The quantitative estimate of drug-likeness (QED) is 0.727. The lowest BCUT2D eigenvalue weighted by Crippen LogP contribution is -2.49. The second-order valence-corrected chi connectivity index (χ2v) is 7.22. The molecule has 1 fully saturated rings. The van der Waals surface area contributed by atoms with Gasteiger partial charge in [-0.1, -0.05) is 48.0 Å². The van der Waals surface area contributed by atoms with Gasteiger partial charge in [-0.15, -0.1) is 0 Å². The van der Waals surface area contributed by atoms with Crippen LogP contribution in [-0.2, 0) is 6.54 Å². The molecular weight excluding hydrogens is 362 g/mol. The van der Waals surface area contributed by atoms with Crippen LogP contribution in [0.5, 0.6) is 0 Å². The molecule has 0 atom stereocenters. The van der Waals surface area contributed by atoms with E-state index in [0.717, 1.165) is 18.7 Å². The molecule has 6 heteroatoms. The molecule has 29 heavy (non-hydrogen) atoms. The summed E-state index contributed by atoms with van der Waals surface area (Å²) in [6.07, 6.45) is 1.64. The number of benzene rings is 2. The molecular formula is C23H25N5O. The minimum atomic E-state index is -0.0431. The third-order valence-electron chi connectivity index (χ3n) is 5.13. The zero-order valence-corrected chi connectivity index (χ0v) is 16.6. The minimum absolute atomic E-state index is 0.0431. The third kappa shape index (κ3) is 4.71. The molecule has 1 aromatic heterocycles. The Hall–Kier alpha value is -3.41. The number of hydrogen-bond acceptors (Lipinski definition) is 5. The van der Waals surface area contributed by atoms with Crippen molar-refractivity contribution in [2.75, 3.05) is 36.4 Å². The van der Waals surface area contributed by atoms with Gasteiger partial charge in [-0.3, -0.25) is 4.79 Å². The van der Waals surface area contributed by atoms with Gasteiger partial charge in [0.05, 0.1) is 0 Å². The Bertz CT molecular complexity index is 951. The van der Waals surface area contributed by atoms with Crippen LogP contribution in [0.4, 0.5) is 11.6 Å². The Kier molecular flexibility index (Phi) is 5.70. The maximum Gasteiger partial charge on any atom is 0.272 e. The second-order valence-electron chi connectivity index (χ2n) is 7.22. The molecule has 1 aliphatic rings. The molecule has 0 saturated carbocycles. The van der Waals surface area contributed by atoms with E-state index in [9.17, 15) is 4.79 Å². The number of nitrogens with one attached hydrogen (secondary N) is 1. The molecule has 0 aliphatic carbocycles. The number of rotatable bonds is 5. The summed E-state index contributed by atoms with van der Waals surface area (Å²) in [6, 6.07) is 20.3. The van der Waals surface area contributed by atoms with Crippen molar-refractivity contribution in [3.63, 3.8) is 0 Å². The fourth-order valence-electron chi connectivity index (χ4n) is 3.42. The number of amides is 1. The number of anilines is 2. The van der Waals surface area contributed by atoms with E-state index in [1.165, 1.54) is 11.3 Å². The summed E-state index contributed by atoms with van der Waals surface area (Å²) in [6.45, 7) is 5.69. The molecule has 2 aromatic carbocycles. The predicted octanol–water partition coefficient (Wildman–Crippen LogP) is 3.36. The highest BCUT2D eigenvalue weighted by Crippen LogP contribution is 2.17. The maximum absolute atomic E-state index is 12.9. The third-order valence-corrected chi connectivity index (χ3v) is 5.13. The number of carbonyl (C=O) groups excluding carboxylic acids is 1. The molecule has 2 heterocycles. The van der Waals surface area contributed by atoms with Crippen LogP contribution >= 0.6 is 0 Å². The lowest BCUT2D eigenvalue weighted by Gasteiger charge is -2.36. The van der Waals surface area contributed by atoms with Crippen LogP contribution in [0.15, 0.2) is 66.9 Å². The van der Waals surface area contributed by atoms with Crippen LogP contribution < -0.4 is 10.2 Å². The molecule has 0 unspecified atom stereocenters. The van der Waals surface area contributed by atoms with Crippen LogP contribution in [-0.4, -0.2) is 47.0 Å². The smallest absolute Gasteiger partial charge is 0.272 e. The van der Waals surface area contributed by atoms with Gasteiger partial charge in [0, 0.05) is 44.6 Å². The Morgan fingerprint density at radius 2 is 1.69 bits per heavy atom. The van der Waals surface area contributed by atoms with Crippen molar-refractivity contribution in [2.24, 2.45) is 0 Å². The molecule has 148 valence electrons. The van der Waals surface area contributed by atoms with E-state index in [0.29, 0.717) is 31.3 Å².